The van der Waals surface area contributed by atoms with Gasteiger partial charge in [0, 0.05) is 18.4 Å². The van der Waals surface area contributed by atoms with Gasteiger partial charge in [0.05, 0.1) is 23.1 Å². The number of rotatable bonds is 6. The van der Waals surface area contributed by atoms with Crippen molar-refractivity contribution in [1.29, 1.82) is 0 Å². The zero-order chi connectivity index (χ0) is 45.3. The van der Waals surface area contributed by atoms with Crippen molar-refractivity contribution in [2.24, 2.45) is 93.7 Å². The monoisotopic (exact) mass is 1040 g/mol. The molecule has 370 valence electrons. The quantitative estimate of drug-likeness (QED) is 0.120. The molecule has 3 N–H and O–H groups in total. The number of carbonyl (C=O) groups excluding carboxylic acids is 3. The van der Waals surface area contributed by atoms with Gasteiger partial charge in [-0.1, -0.05) is 51.1 Å². The molecule has 2 saturated heterocycles. The Morgan fingerprint density at radius 1 is 0.682 bits per heavy atom. The molecule has 10 rings (SSSR count). The molecular formula is C54H93BrK2N2O7. The molecule has 10 aliphatic rings. The predicted octanol–water partition coefficient (Wildman–Crippen LogP) is 3.69. The summed E-state index contributed by atoms with van der Waals surface area (Å²) in [5, 5.41) is 33.3. The van der Waals surface area contributed by atoms with Gasteiger partial charge in [0.1, 0.15) is 11.6 Å². The van der Waals surface area contributed by atoms with Crippen LogP contribution in [-0.2, 0) is 19.3 Å². The van der Waals surface area contributed by atoms with Crippen molar-refractivity contribution >= 4 is 34.0 Å². The molecule has 0 aromatic heterocycles. The summed E-state index contributed by atoms with van der Waals surface area (Å²) in [5.74, 6) is 11.5. The predicted molar refractivity (Wildman–Crippen MR) is 258 cm³/mol. The van der Waals surface area contributed by atoms with E-state index in [1.54, 1.807) is 0 Å². The number of hydrogen-bond donors (Lipinski definition) is 3. The Balaban J connectivity index is 0.000000283. The molecule has 2 aliphatic heterocycles. The molecule has 8 saturated carbocycles. The molecule has 0 aromatic carbocycles. The average Bonchev–Trinajstić information content (AvgIpc) is 4.06. The van der Waals surface area contributed by atoms with Crippen LogP contribution < -0.4 is 113 Å². The molecular weight excluding hydrogens is 947 g/mol. The van der Waals surface area contributed by atoms with E-state index in [1.165, 1.54) is 103 Å². The van der Waals surface area contributed by atoms with Crippen LogP contribution in [-0.4, -0.2) is 82.4 Å². The maximum absolute atomic E-state index is 13.4. The van der Waals surface area contributed by atoms with E-state index in [0.29, 0.717) is 35.3 Å². The molecule has 0 bridgehead atoms. The first-order valence-electron chi connectivity index (χ1n) is 26.1. The van der Waals surface area contributed by atoms with Crippen molar-refractivity contribution in [3.63, 3.8) is 0 Å². The molecule has 0 unspecified atom stereocenters. The van der Waals surface area contributed by atoms with E-state index in [0.717, 1.165) is 123 Å². The largest absolute Gasteiger partial charge is 1.00 e. The Kier molecular flexibility index (Phi) is 24.2. The van der Waals surface area contributed by atoms with Crippen LogP contribution in [0.3, 0.4) is 0 Å². The molecule has 9 nitrogen and oxygen atoms in total. The maximum atomic E-state index is 13.4. The zero-order valence-corrected chi connectivity index (χ0v) is 50.1. The maximum Gasteiger partial charge on any atom is 1.00 e. The molecule has 66 heavy (non-hydrogen) atoms. The van der Waals surface area contributed by atoms with Crippen LogP contribution in [0.4, 0.5) is 0 Å². The van der Waals surface area contributed by atoms with Crippen molar-refractivity contribution in [3.05, 3.63) is 0 Å². The fourth-order valence-corrected chi connectivity index (χ4v) is 18.0. The van der Waals surface area contributed by atoms with E-state index in [1.807, 2.05) is 6.92 Å². The van der Waals surface area contributed by atoms with Gasteiger partial charge in [-0.3, -0.25) is 19.3 Å². The number of likely N-dealkylation sites (tertiary alicyclic amines) is 1. The third kappa shape index (κ3) is 13.8. The summed E-state index contributed by atoms with van der Waals surface area (Å²) in [7, 11) is 0. The molecule has 12 heteroatoms. The summed E-state index contributed by atoms with van der Waals surface area (Å²) in [6.07, 6.45) is 24.5. The van der Waals surface area contributed by atoms with E-state index >= 15 is 0 Å². The van der Waals surface area contributed by atoms with Gasteiger partial charge < -0.3 is 27.1 Å². The Morgan fingerprint density at radius 3 is 1.53 bits per heavy atom. The van der Waals surface area contributed by atoms with Gasteiger partial charge in [0.15, 0.2) is 0 Å². The Bertz CT molecular complexity index is 1570. The summed E-state index contributed by atoms with van der Waals surface area (Å²) >= 11 is 3.42. The minimum absolute atomic E-state index is 0. The van der Waals surface area contributed by atoms with Gasteiger partial charge in [0.25, 0.3) is 6.47 Å². The zero-order valence-electron chi connectivity index (χ0n) is 43.3. The van der Waals surface area contributed by atoms with Crippen LogP contribution >= 0.6 is 15.9 Å². The third-order valence-corrected chi connectivity index (χ3v) is 21.2. The topological polar surface area (TPSA) is 139 Å². The number of halogens is 1. The summed E-state index contributed by atoms with van der Waals surface area (Å²) < 4.78 is 0. The third-order valence-electron chi connectivity index (χ3n) is 20.6. The van der Waals surface area contributed by atoms with Crippen LogP contribution in [0.2, 0.25) is 0 Å². The number of nitrogens with zero attached hydrogens (tertiary/aromatic N) is 1. The summed E-state index contributed by atoms with van der Waals surface area (Å²) in [6, 6.07) is 0. The fraction of sp³-hybridized carbons (Fsp3) is 0.944. The standard InChI is InChI=1S/C26H43NO2.C21H33BrO2.C5H11N.CH2O3.CH4.2K.H/c1-17-10-13-27(15-17)16-24(28)23-7-6-22-21-5-4-18-14-25(2,29)11-8-19(18)20(21)9-12-26(22,23)3;1-20(24)9-7-14-13(11-20)3-4-16-15(14)8-10-21(2)17(16)5-6-18(21)19(23)12-22;1-5-2-3-6-4-5;2-1-4-3;;;;/h17-23,29H,4-16H2,1-3H3;13-18,24H,3-12H2,1-2H3;5-6H,2-4H2,1H3;1,3H;1H4;;;/q;;;;;2*+1;-1/p-1/t17-,18-,19+,20-,21-,22+,23-,25-,26+;13-,14+,15-,16-,17+,18-,20-,21+;5-;;;;;/m111...../s1. The van der Waals surface area contributed by atoms with Crippen molar-refractivity contribution in [1.82, 2.24) is 10.2 Å². The average molecular weight is 1040 g/mol. The van der Waals surface area contributed by atoms with Crippen molar-refractivity contribution in [3.8, 4) is 0 Å². The second-order valence-electron chi connectivity index (χ2n) is 24.7. The van der Waals surface area contributed by atoms with E-state index in [4.69, 9.17) is 10.1 Å². The Labute approximate surface area is 496 Å². The SMILES string of the molecule is C.C[C@@H]1CCN(CC(=O)[C@H]2CC[C@H]3[C@@H]4CC[C@@H]5C[C@](C)(O)CC[C@@H]5[C@H]4CC[C@]23C)C1.C[C@@H]1CCNC1.C[C@@]1(O)CC[C@H]2[C@H](CC[C@@H]3[C@@H]2CC[C@]2(C)[C@@H](C(=O)CBr)CC[C@@H]32)C1.O=CO[O-].[H-].[K+].[K+]. The number of Topliss-reactive ketones (excluding diaryl/α,β-unsaturated/α-hetero) is 2. The fourth-order valence-electron chi connectivity index (χ4n) is 17.6. The Morgan fingerprint density at radius 2 is 1.15 bits per heavy atom. The first kappa shape index (κ1) is 60.9. The first-order chi connectivity index (χ1) is 29.9. The van der Waals surface area contributed by atoms with Crippen LogP contribution in [0.25, 0.3) is 0 Å². The first-order valence-corrected chi connectivity index (χ1v) is 27.3. The molecule has 10 fully saturated rings. The molecule has 0 amide bonds. The molecule has 18 atom stereocenters. The van der Waals surface area contributed by atoms with Gasteiger partial charge in [-0.05, 0) is 244 Å². The number of aliphatic hydroxyl groups is 2. The summed E-state index contributed by atoms with van der Waals surface area (Å²) in [5.41, 5.74) is -0.317. The van der Waals surface area contributed by atoms with E-state index in [-0.39, 0.29) is 129 Å². The number of hydrogen-bond acceptors (Lipinski definition) is 9. The van der Waals surface area contributed by atoms with Gasteiger partial charge in [0.2, 0.25) is 0 Å². The number of ketones is 2. The van der Waals surface area contributed by atoms with Gasteiger partial charge in [-0.15, -0.1) is 0 Å². The minimum atomic E-state index is -0.422. The number of alkyl halides is 1. The minimum Gasteiger partial charge on any atom is -1.00 e. The van der Waals surface area contributed by atoms with Crippen molar-refractivity contribution < 1.29 is 139 Å². The van der Waals surface area contributed by atoms with Crippen molar-refractivity contribution in [2.75, 3.05) is 38.1 Å². The number of carbonyl (C=O) groups is 3. The van der Waals surface area contributed by atoms with Crippen LogP contribution in [0.5, 0.6) is 0 Å². The molecule has 8 aliphatic carbocycles. The van der Waals surface area contributed by atoms with Crippen LogP contribution in [0.15, 0.2) is 0 Å². The van der Waals surface area contributed by atoms with Crippen LogP contribution in [0, 0.1) is 93.7 Å². The molecule has 0 aromatic rings. The molecule has 0 spiro atoms. The van der Waals surface area contributed by atoms with E-state index < -0.39 is 11.2 Å². The summed E-state index contributed by atoms with van der Waals surface area (Å²) in [4.78, 5) is 39.5. The second-order valence-corrected chi connectivity index (χ2v) is 25.2. The molecule has 2 heterocycles. The van der Waals surface area contributed by atoms with E-state index in [9.17, 15) is 19.8 Å². The van der Waals surface area contributed by atoms with Crippen LogP contribution in [0.1, 0.15) is 179 Å². The van der Waals surface area contributed by atoms with Gasteiger partial charge in [-0.2, -0.15) is 0 Å². The van der Waals surface area contributed by atoms with Gasteiger partial charge in [-0.25, -0.2) is 0 Å². The number of fused-ring (bicyclic) bond motifs is 10. The number of nitrogens with one attached hydrogen (secondary N) is 1. The molecule has 0 radical (unpaired) electrons. The summed E-state index contributed by atoms with van der Waals surface area (Å²) in [6.45, 7) is 18.9. The van der Waals surface area contributed by atoms with Crippen molar-refractivity contribution in [2.45, 2.75) is 189 Å². The smallest absolute Gasteiger partial charge is 1.00 e. The normalized spacial score (nSPS) is 46.2. The second kappa shape index (κ2) is 26.2. The Hall–Kier alpha value is 2.36. The van der Waals surface area contributed by atoms with Gasteiger partial charge >= 0.3 is 103 Å². The van der Waals surface area contributed by atoms with E-state index in [2.05, 4.69) is 65.7 Å².